The number of nitrogens with zero attached hydrogens (tertiary/aromatic N) is 2. The SMILES string of the molecule is C[C@@]12CCN(S(=O)(=O)c3ccc(F)cc3)[C@@H]1CCCCC(=O)N2Cc1ccc(F)cc1. The topological polar surface area (TPSA) is 57.7 Å². The molecule has 4 rings (SSSR count). The zero-order valence-electron chi connectivity index (χ0n) is 17.4. The van der Waals surface area contributed by atoms with Gasteiger partial charge in [0.15, 0.2) is 0 Å². The highest BCUT2D eigenvalue weighted by atomic mass is 32.2. The number of carbonyl (C=O) groups excluding carboxylic acids is 1. The normalized spacial score (nSPS) is 25.2. The minimum Gasteiger partial charge on any atom is -0.331 e. The van der Waals surface area contributed by atoms with Gasteiger partial charge in [-0.3, -0.25) is 4.79 Å². The van der Waals surface area contributed by atoms with Gasteiger partial charge in [0.2, 0.25) is 15.9 Å². The summed E-state index contributed by atoms with van der Waals surface area (Å²) in [4.78, 5) is 14.9. The summed E-state index contributed by atoms with van der Waals surface area (Å²) >= 11 is 0. The van der Waals surface area contributed by atoms with Crippen molar-refractivity contribution in [2.24, 2.45) is 0 Å². The third kappa shape index (κ3) is 4.11. The Kier molecular flexibility index (Phi) is 5.87. The summed E-state index contributed by atoms with van der Waals surface area (Å²) < 4.78 is 54.9. The fourth-order valence-corrected chi connectivity index (χ4v) is 6.59. The molecule has 0 N–H and O–H groups in total. The number of hydrogen-bond acceptors (Lipinski definition) is 3. The predicted molar refractivity (Wildman–Crippen MR) is 113 cm³/mol. The van der Waals surface area contributed by atoms with Gasteiger partial charge in [0.05, 0.1) is 10.4 Å². The van der Waals surface area contributed by atoms with E-state index in [-0.39, 0.29) is 29.2 Å². The van der Waals surface area contributed by atoms with Gasteiger partial charge in [-0.15, -0.1) is 0 Å². The van der Waals surface area contributed by atoms with Crippen molar-refractivity contribution in [3.05, 3.63) is 65.7 Å². The monoisotopic (exact) mass is 448 g/mol. The molecule has 2 aliphatic heterocycles. The van der Waals surface area contributed by atoms with E-state index in [0.717, 1.165) is 24.1 Å². The van der Waals surface area contributed by atoms with Crippen molar-refractivity contribution in [1.29, 1.82) is 0 Å². The zero-order valence-corrected chi connectivity index (χ0v) is 18.2. The van der Waals surface area contributed by atoms with Crippen LogP contribution in [0, 0.1) is 11.6 Å². The van der Waals surface area contributed by atoms with Crippen LogP contribution in [0.5, 0.6) is 0 Å². The molecule has 2 aromatic rings. The summed E-state index contributed by atoms with van der Waals surface area (Å²) in [7, 11) is -3.83. The average molecular weight is 449 g/mol. The van der Waals surface area contributed by atoms with Crippen LogP contribution in [-0.4, -0.2) is 41.7 Å². The van der Waals surface area contributed by atoms with Crippen molar-refractivity contribution in [3.63, 3.8) is 0 Å². The molecule has 166 valence electrons. The number of carbonyl (C=O) groups is 1. The Morgan fingerprint density at radius 1 is 1.00 bits per heavy atom. The first-order chi connectivity index (χ1) is 14.7. The highest BCUT2D eigenvalue weighted by Gasteiger charge is 2.53. The standard InChI is InChI=1S/C23H26F2N2O3S/c1-23-14-15-27(31(29,30)20-12-10-19(25)11-13-20)21(23)4-2-3-5-22(28)26(23)16-17-6-8-18(24)9-7-17/h6-13,21H,2-5,14-16H2,1H3/t21-,23-/m1/s1. The van der Waals surface area contributed by atoms with E-state index in [2.05, 4.69) is 0 Å². The van der Waals surface area contributed by atoms with Crippen LogP contribution in [0.4, 0.5) is 8.78 Å². The Balaban J connectivity index is 1.69. The zero-order chi connectivity index (χ0) is 22.2. The number of likely N-dealkylation sites (tertiary alicyclic amines) is 1. The van der Waals surface area contributed by atoms with Crippen molar-refractivity contribution < 1.29 is 22.0 Å². The van der Waals surface area contributed by atoms with Gasteiger partial charge in [-0.1, -0.05) is 18.6 Å². The number of hydrogen-bond donors (Lipinski definition) is 0. The van der Waals surface area contributed by atoms with Crippen molar-refractivity contribution in [2.75, 3.05) is 6.54 Å². The van der Waals surface area contributed by atoms with Crippen molar-refractivity contribution in [1.82, 2.24) is 9.21 Å². The van der Waals surface area contributed by atoms with Crippen LogP contribution in [0.15, 0.2) is 53.4 Å². The van der Waals surface area contributed by atoms with Crippen molar-refractivity contribution >= 4 is 15.9 Å². The van der Waals surface area contributed by atoms with E-state index in [1.807, 2.05) is 6.92 Å². The fourth-order valence-electron chi connectivity index (χ4n) is 4.84. The van der Waals surface area contributed by atoms with Gasteiger partial charge in [-0.2, -0.15) is 4.31 Å². The van der Waals surface area contributed by atoms with Crippen molar-refractivity contribution in [3.8, 4) is 0 Å². The number of rotatable bonds is 4. The lowest BCUT2D eigenvalue weighted by Crippen LogP contribution is -2.58. The average Bonchev–Trinajstić information content (AvgIpc) is 3.07. The molecular weight excluding hydrogens is 422 g/mol. The minimum atomic E-state index is -3.83. The number of benzene rings is 2. The van der Waals surface area contributed by atoms with E-state index in [9.17, 15) is 22.0 Å². The molecule has 0 saturated carbocycles. The van der Waals surface area contributed by atoms with E-state index >= 15 is 0 Å². The quantitative estimate of drug-likeness (QED) is 0.708. The van der Waals surface area contributed by atoms with Crippen LogP contribution in [0.2, 0.25) is 0 Å². The van der Waals surface area contributed by atoms with Crippen LogP contribution in [0.25, 0.3) is 0 Å². The molecule has 2 aromatic carbocycles. The van der Waals surface area contributed by atoms with E-state index in [0.29, 0.717) is 32.2 Å². The summed E-state index contributed by atoms with van der Waals surface area (Å²) in [5.41, 5.74) is 0.119. The van der Waals surface area contributed by atoms with Gasteiger partial charge in [0.25, 0.3) is 0 Å². The second-order valence-electron chi connectivity index (χ2n) is 8.54. The predicted octanol–water partition coefficient (Wildman–Crippen LogP) is 4.09. The highest BCUT2D eigenvalue weighted by Crippen LogP contribution is 2.42. The molecule has 0 radical (unpaired) electrons. The van der Waals surface area contributed by atoms with Crippen LogP contribution in [-0.2, 0) is 21.4 Å². The van der Waals surface area contributed by atoms with Crippen LogP contribution >= 0.6 is 0 Å². The fraction of sp³-hybridized carbons (Fsp3) is 0.435. The molecule has 0 unspecified atom stereocenters. The second kappa shape index (κ2) is 8.31. The third-order valence-corrected chi connectivity index (χ3v) is 8.54. The molecule has 1 amide bonds. The summed E-state index contributed by atoms with van der Waals surface area (Å²) in [5, 5.41) is 0. The van der Waals surface area contributed by atoms with E-state index < -0.39 is 21.4 Å². The number of sulfonamides is 1. The van der Waals surface area contributed by atoms with E-state index in [1.165, 1.54) is 28.6 Å². The van der Waals surface area contributed by atoms with Crippen LogP contribution < -0.4 is 0 Å². The highest BCUT2D eigenvalue weighted by molar-refractivity contribution is 7.89. The lowest BCUT2D eigenvalue weighted by molar-refractivity contribution is -0.140. The molecule has 0 spiro atoms. The minimum absolute atomic E-state index is 0.0162. The summed E-state index contributed by atoms with van der Waals surface area (Å²) in [6, 6.07) is 10.5. The lowest BCUT2D eigenvalue weighted by Gasteiger charge is -2.45. The molecular formula is C23H26F2N2O3S. The Hall–Kier alpha value is -2.32. The molecule has 31 heavy (non-hydrogen) atoms. The van der Waals surface area contributed by atoms with Crippen LogP contribution in [0.3, 0.4) is 0 Å². The van der Waals surface area contributed by atoms with Gasteiger partial charge in [0, 0.05) is 25.6 Å². The summed E-state index contributed by atoms with van der Waals surface area (Å²) in [6.45, 7) is 2.54. The second-order valence-corrected chi connectivity index (χ2v) is 10.4. The van der Waals surface area contributed by atoms with Gasteiger partial charge < -0.3 is 4.90 Å². The maximum absolute atomic E-state index is 13.4. The molecule has 5 nitrogen and oxygen atoms in total. The number of halogens is 2. The molecule has 2 saturated heterocycles. The molecule has 0 aliphatic carbocycles. The first kappa shape index (κ1) is 21.9. The number of amides is 1. The lowest BCUT2D eigenvalue weighted by atomic mass is 9.84. The molecule has 2 atom stereocenters. The van der Waals surface area contributed by atoms with Crippen LogP contribution in [0.1, 0.15) is 44.6 Å². The first-order valence-electron chi connectivity index (χ1n) is 10.5. The Morgan fingerprint density at radius 3 is 2.26 bits per heavy atom. The first-order valence-corrected chi connectivity index (χ1v) is 12.0. The summed E-state index contributed by atoms with van der Waals surface area (Å²) in [6.07, 6.45) is 3.00. The molecule has 2 heterocycles. The van der Waals surface area contributed by atoms with E-state index in [1.54, 1.807) is 17.0 Å². The summed E-state index contributed by atoms with van der Waals surface area (Å²) in [5.74, 6) is -0.853. The number of fused-ring (bicyclic) bond motifs is 1. The van der Waals surface area contributed by atoms with Crippen molar-refractivity contribution in [2.45, 2.75) is 62.0 Å². The van der Waals surface area contributed by atoms with Gasteiger partial charge in [-0.25, -0.2) is 17.2 Å². The molecule has 2 aliphatic rings. The van der Waals surface area contributed by atoms with Gasteiger partial charge >= 0.3 is 0 Å². The molecule has 0 bridgehead atoms. The van der Waals surface area contributed by atoms with Gasteiger partial charge in [0.1, 0.15) is 11.6 Å². The molecule has 8 heteroatoms. The molecule has 2 fully saturated rings. The Labute approximate surface area is 181 Å². The largest absolute Gasteiger partial charge is 0.331 e. The van der Waals surface area contributed by atoms with E-state index in [4.69, 9.17) is 0 Å². The maximum Gasteiger partial charge on any atom is 0.243 e. The smallest absolute Gasteiger partial charge is 0.243 e. The Morgan fingerprint density at radius 2 is 1.61 bits per heavy atom. The molecule has 0 aromatic heterocycles. The van der Waals surface area contributed by atoms with Gasteiger partial charge in [-0.05, 0) is 68.1 Å². The maximum atomic E-state index is 13.4. The Bertz CT molecular complexity index is 1060. The third-order valence-electron chi connectivity index (χ3n) is 6.61.